The van der Waals surface area contributed by atoms with Crippen molar-refractivity contribution in [3.63, 3.8) is 0 Å². The van der Waals surface area contributed by atoms with Crippen molar-refractivity contribution in [1.82, 2.24) is 0 Å². The number of carbonyl (C=O) groups excluding carboxylic acids is 1. The number of carboxylic acids is 1. The predicted molar refractivity (Wildman–Crippen MR) is 140 cm³/mol. The van der Waals surface area contributed by atoms with Crippen molar-refractivity contribution in [2.24, 2.45) is 5.92 Å². The number of allylic oxidation sites excluding steroid dienone is 1. The quantitative estimate of drug-likeness (QED) is 0.262. The van der Waals surface area contributed by atoms with Crippen LogP contribution in [0.3, 0.4) is 0 Å². The molecule has 0 radical (unpaired) electrons. The van der Waals surface area contributed by atoms with Crippen LogP contribution in [-0.4, -0.2) is 39.1 Å². The standard InChI is InChI=1S/C30H50O5/c1-8-30-24(5)23(4)26(31)20-25(30)15-19-29(7,35-30)18-10-13-21(2)12-9-16-28(6,34)17-11-14-22(3)27(32)33/h14,20-21,26,31,34H,8-13,15-19H2,1-7H3,(H,32,33)/p-1/b22-14+. The van der Waals surface area contributed by atoms with Gasteiger partial charge in [0, 0.05) is 0 Å². The van der Waals surface area contributed by atoms with Crippen LogP contribution >= 0.6 is 0 Å². The lowest BCUT2D eigenvalue weighted by Crippen LogP contribution is -2.51. The van der Waals surface area contributed by atoms with Crippen molar-refractivity contribution in [3.8, 4) is 0 Å². The van der Waals surface area contributed by atoms with Gasteiger partial charge in [-0.05, 0) is 114 Å². The predicted octanol–water partition coefficient (Wildman–Crippen LogP) is 5.55. The van der Waals surface area contributed by atoms with E-state index in [9.17, 15) is 20.1 Å². The van der Waals surface area contributed by atoms with E-state index >= 15 is 0 Å². The van der Waals surface area contributed by atoms with Crippen LogP contribution in [0, 0.1) is 5.92 Å². The maximum absolute atomic E-state index is 10.8. The van der Waals surface area contributed by atoms with Crippen LogP contribution in [0.2, 0.25) is 0 Å². The molecular weight excluding hydrogens is 440 g/mol. The third-order valence-electron chi connectivity index (χ3n) is 8.63. The van der Waals surface area contributed by atoms with E-state index in [1.807, 2.05) is 19.9 Å². The molecule has 2 aliphatic rings. The fourth-order valence-corrected chi connectivity index (χ4v) is 5.88. The summed E-state index contributed by atoms with van der Waals surface area (Å²) in [5.74, 6) is -0.561. The number of hydrogen-bond acceptors (Lipinski definition) is 5. The first-order valence-corrected chi connectivity index (χ1v) is 13.6. The molecule has 0 spiro atoms. The molecule has 1 aliphatic carbocycles. The van der Waals surface area contributed by atoms with Gasteiger partial charge in [-0.15, -0.1) is 0 Å². The highest BCUT2D eigenvalue weighted by atomic mass is 16.5. The lowest BCUT2D eigenvalue weighted by Gasteiger charge is -2.51. The molecule has 35 heavy (non-hydrogen) atoms. The lowest BCUT2D eigenvalue weighted by atomic mass is 9.70. The average Bonchev–Trinajstić information content (AvgIpc) is 2.78. The Kier molecular flexibility index (Phi) is 10.4. The molecule has 0 bridgehead atoms. The minimum absolute atomic E-state index is 0.155. The average molecular weight is 490 g/mol. The Hall–Kier alpha value is -1.43. The Morgan fingerprint density at radius 2 is 1.97 bits per heavy atom. The zero-order chi connectivity index (χ0) is 26.4. The van der Waals surface area contributed by atoms with Gasteiger partial charge in [-0.3, -0.25) is 0 Å². The van der Waals surface area contributed by atoms with Crippen LogP contribution in [0.25, 0.3) is 0 Å². The summed E-state index contributed by atoms with van der Waals surface area (Å²) in [6, 6.07) is 0. The van der Waals surface area contributed by atoms with Gasteiger partial charge >= 0.3 is 0 Å². The number of aliphatic hydroxyl groups excluding tert-OH is 1. The van der Waals surface area contributed by atoms with Crippen LogP contribution in [0.4, 0.5) is 0 Å². The van der Waals surface area contributed by atoms with Crippen LogP contribution in [0.5, 0.6) is 0 Å². The lowest BCUT2D eigenvalue weighted by molar-refractivity contribution is -0.299. The number of aliphatic hydroxyl groups is 2. The summed E-state index contributed by atoms with van der Waals surface area (Å²) in [5, 5.41) is 31.8. The van der Waals surface area contributed by atoms with Gasteiger partial charge in [0.05, 0.1) is 23.3 Å². The van der Waals surface area contributed by atoms with Gasteiger partial charge < -0.3 is 24.9 Å². The van der Waals surface area contributed by atoms with E-state index in [-0.39, 0.29) is 16.8 Å². The number of hydrogen-bond donors (Lipinski definition) is 2. The summed E-state index contributed by atoms with van der Waals surface area (Å²) in [7, 11) is 0. The van der Waals surface area contributed by atoms with Crippen molar-refractivity contribution in [1.29, 1.82) is 0 Å². The SMILES string of the molecule is CCC12OC(C)(CCCC(C)CCCC(C)(O)CC/C=C(\C)C(=O)[O-])CCC1=CC(O)C(C)=C2C. The zero-order valence-corrected chi connectivity index (χ0v) is 23.2. The van der Waals surface area contributed by atoms with E-state index < -0.39 is 17.7 Å². The maximum atomic E-state index is 10.8. The molecule has 0 aromatic carbocycles. The van der Waals surface area contributed by atoms with Crippen molar-refractivity contribution < 1.29 is 24.9 Å². The van der Waals surface area contributed by atoms with E-state index in [1.54, 1.807) is 6.08 Å². The third-order valence-corrected chi connectivity index (χ3v) is 8.63. The fraction of sp³-hybridized carbons (Fsp3) is 0.767. The van der Waals surface area contributed by atoms with Crippen LogP contribution in [0.1, 0.15) is 119 Å². The molecule has 1 heterocycles. The highest BCUT2D eigenvalue weighted by Gasteiger charge is 2.48. The second kappa shape index (κ2) is 12.2. The van der Waals surface area contributed by atoms with Crippen LogP contribution in [0.15, 0.2) is 34.4 Å². The topological polar surface area (TPSA) is 89.8 Å². The second-order valence-corrected chi connectivity index (χ2v) is 11.8. The molecule has 0 saturated carbocycles. The van der Waals surface area contributed by atoms with Gasteiger partial charge in [-0.1, -0.05) is 45.6 Å². The smallest absolute Gasteiger partial charge is 0.111 e. The molecule has 1 saturated heterocycles. The summed E-state index contributed by atoms with van der Waals surface area (Å²) in [4.78, 5) is 10.8. The third kappa shape index (κ3) is 7.77. The Morgan fingerprint density at radius 3 is 2.60 bits per heavy atom. The first-order chi connectivity index (χ1) is 16.3. The van der Waals surface area contributed by atoms with Crippen molar-refractivity contribution in [3.05, 3.63) is 34.4 Å². The molecule has 0 amide bonds. The monoisotopic (exact) mass is 489 g/mol. The maximum Gasteiger partial charge on any atom is 0.111 e. The summed E-state index contributed by atoms with van der Waals surface area (Å²) < 4.78 is 6.91. The Balaban J connectivity index is 1.79. The molecule has 200 valence electrons. The highest BCUT2D eigenvalue weighted by molar-refractivity contribution is 5.83. The number of fused-ring (bicyclic) bond motifs is 1. The molecule has 0 aromatic heterocycles. The summed E-state index contributed by atoms with van der Waals surface area (Å²) >= 11 is 0. The molecular formula is C30H49O5-. The molecule has 2 N–H and O–H groups in total. The molecule has 5 unspecified atom stereocenters. The number of rotatable bonds is 13. The van der Waals surface area contributed by atoms with E-state index in [4.69, 9.17) is 4.74 Å². The first kappa shape index (κ1) is 29.8. The second-order valence-electron chi connectivity index (χ2n) is 11.8. The molecule has 2 rings (SSSR count). The largest absolute Gasteiger partial charge is 0.545 e. The van der Waals surface area contributed by atoms with Gasteiger partial charge in [0.1, 0.15) is 5.60 Å². The van der Waals surface area contributed by atoms with E-state index in [2.05, 4.69) is 27.7 Å². The molecule has 5 nitrogen and oxygen atoms in total. The Morgan fingerprint density at radius 1 is 1.31 bits per heavy atom. The summed E-state index contributed by atoms with van der Waals surface area (Å²) in [6.45, 7) is 14.2. The van der Waals surface area contributed by atoms with E-state index in [0.29, 0.717) is 18.8 Å². The van der Waals surface area contributed by atoms with Crippen LogP contribution < -0.4 is 5.11 Å². The van der Waals surface area contributed by atoms with E-state index in [1.165, 1.54) is 18.1 Å². The zero-order valence-electron chi connectivity index (χ0n) is 23.2. The number of aliphatic carboxylic acids is 1. The molecule has 1 fully saturated rings. The number of carbonyl (C=O) groups is 1. The number of carboxylic acid groups (broad SMARTS) is 1. The molecule has 1 aliphatic heterocycles. The minimum atomic E-state index is -1.15. The summed E-state index contributed by atoms with van der Waals surface area (Å²) in [5.41, 5.74) is 2.39. The molecule has 5 heteroatoms. The molecule has 5 atom stereocenters. The molecule has 0 aromatic rings. The Bertz CT molecular complexity index is 836. The minimum Gasteiger partial charge on any atom is -0.545 e. The number of ether oxygens (including phenoxy) is 1. The van der Waals surface area contributed by atoms with E-state index in [0.717, 1.165) is 63.4 Å². The van der Waals surface area contributed by atoms with Gasteiger partial charge in [0.25, 0.3) is 0 Å². The van der Waals surface area contributed by atoms with Gasteiger partial charge in [0.15, 0.2) is 0 Å². The normalized spacial score (nSPS) is 29.9. The van der Waals surface area contributed by atoms with Gasteiger partial charge in [0.2, 0.25) is 0 Å². The van der Waals surface area contributed by atoms with Crippen molar-refractivity contribution in [2.75, 3.05) is 0 Å². The van der Waals surface area contributed by atoms with Crippen LogP contribution in [-0.2, 0) is 9.53 Å². The highest BCUT2D eigenvalue weighted by Crippen LogP contribution is 2.50. The fourth-order valence-electron chi connectivity index (χ4n) is 5.88. The van der Waals surface area contributed by atoms with Gasteiger partial charge in [-0.2, -0.15) is 0 Å². The van der Waals surface area contributed by atoms with Gasteiger partial charge in [-0.25, -0.2) is 0 Å². The van der Waals surface area contributed by atoms with Crippen molar-refractivity contribution >= 4 is 5.97 Å². The summed E-state index contributed by atoms with van der Waals surface area (Å²) in [6.07, 6.45) is 13.2. The Labute approximate surface area is 213 Å². The van der Waals surface area contributed by atoms with Crippen molar-refractivity contribution in [2.45, 2.75) is 142 Å². The first-order valence-electron chi connectivity index (χ1n) is 13.6.